The molecule has 2 aromatic rings. The SMILES string of the molecule is CC(=O)c1c[nH]c(C(=O)OCC(=O)N(C)Cc2ccc(C)cc2)c1. The molecule has 0 radical (unpaired) electrons. The lowest BCUT2D eigenvalue weighted by Crippen LogP contribution is -2.30. The Bertz CT molecular complexity index is 747. The van der Waals surface area contributed by atoms with Gasteiger partial charge in [0.15, 0.2) is 12.4 Å². The molecule has 1 aromatic heterocycles. The second-order valence-corrected chi connectivity index (χ2v) is 5.67. The molecule has 0 saturated carbocycles. The van der Waals surface area contributed by atoms with Gasteiger partial charge < -0.3 is 14.6 Å². The number of Topliss-reactive ketones (excluding diaryl/α,β-unsaturated/α-hetero) is 1. The van der Waals surface area contributed by atoms with Crippen molar-refractivity contribution in [3.05, 3.63) is 58.9 Å². The lowest BCUT2D eigenvalue weighted by atomic mass is 10.1. The second-order valence-electron chi connectivity index (χ2n) is 5.67. The van der Waals surface area contributed by atoms with Gasteiger partial charge in [0, 0.05) is 25.4 Å². The second kappa shape index (κ2) is 7.59. The maximum absolute atomic E-state index is 12.0. The first kappa shape index (κ1) is 17.5. The summed E-state index contributed by atoms with van der Waals surface area (Å²) in [6, 6.07) is 9.27. The van der Waals surface area contributed by atoms with Gasteiger partial charge in [-0.1, -0.05) is 29.8 Å². The van der Waals surface area contributed by atoms with Gasteiger partial charge in [-0.15, -0.1) is 0 Å². The van der Waals surface area contributed by atoms with Gasteiger partial charge in [-0.25, -0.2) is 4.79 Å². The Morgan fingerprint density at radius 3 is 2.42 bits per heavy atom. The third kappa shape index (κ3) is 4.55. The maximum Gasteiger partial charge on any atom is 0.355 e. The smallest absolute Gasteiger partial charge is 0.355 e. The lowest BCUT2D eigenvalue weighted by Gasteiger charge is -2.17. The van der Waals surface area contributed by atoms with Gasteiger partial charge in [0.1, 0.15) is 5.69 Å². The minimum absolute atomic E-state index is 0.147. The van der Waals surface area contributed by atoms with Crippen LogP contribution in [-0.4, -0.2) is 41.2 Å². The normalized spacial score (nSPS) is 10.3. The van der Waals surface area contributed by atoms with Crippen molar-refractivity contribution in [2.75, 3.05) is 13.7 Å². The Kier molecular flexibility index (Phi) is 5.52. The fraction of sp³-hybridized carbons (Fsp3) is 0.278. The number of hydrogen-bond acceptors (Lipinski definition) is 4. The summed E-state index contributed by atoms with van der Waals surface area (Å²) >= 11 is 0. The largest absolute Gasteiger partial charge is 0.451 e. The zero-order valence-electron chi connectivity index (χ0n) is 14.0. The minimum atomic E-state index is -0.667. The molecule has 0 bridgehead atoms. The average Bonchev–Trinajstić information content (AvgIpc) is 3.04. The molecule has 0 fully saturated rings. The number of rotatable bonds is 6. The molecule has 6 nitrogen and oxygen atoms in total. The molecular formula is C18H20N2O4. The molecular weight excluding hydrogens is 308 g/mol. The van der Waals surface area contributed by atoms with Gasteiger partial charge in [0.05, 0.1) is 0 Å². The predicted molar refractivity (Wildman–Crippen MR) is 88.7 cm³/mol. The van der Waals surface area contributed by atoms with Gasteiger partial charge in [-0.2, -0.15) is 0 Å². The van der Waals surface area contributed by atoms with Gasteiger partial charge in [0.2, 0.25) is 0 Å². The Hall–Kier alpha value is -2.89. The van der Waals surface area contributed by atoms with Crippen LogP contribution in [0.15, 0.2) is 36.5 Å². The van der Waals surface area contributed by atoms with E-state index in [0.717, 1.165) is 11.1 Å². The van der Waals surface area contributed by atoms with E-state index in [4.69, 9.17) is 4.74 Å². The third-order valence-electron chi connectivity index (χ3n) is 3.60. The Morgan fingerprint density at radius 2 is 1.83 bits per heavy atom. The summed E-state index contributed by atoms with van der Waals surface area (Å²) in [6.07, 6.45) is 1.43. The number of carbonyl (C=O) groups excluding carboxylic acids is 3. The molecule has 0 unspecified atom stereocenters. The number of ketones is 1. The zero-order chi connectivity index (χ0) is 17.7. The maximum atomic E-state index is 12.0. The number of aromatic nitrogens is 1. The summed E-state index contributed by atoms with van der Waals surface area (Å²) in [4.78, 5) is 39.3. The van der Waals surface area contributed by atoms with Crippen molar-refractivity contribution in [1.29, 1.82) is 0 Å². The van der Waals surface area contributed by atoms with E-state index >= 15 is 0 Å². The number of nitrogens with zero attached hydrogens (tertiary/aromatic N) is 1. The number of aromatic amines is 1. The van der Waals surface area contributed by atoms with E-state index in [0.29, 0.717) is 12.1 Å². The molecule has 1 amide bonds. The Balaban J connectivity index is 1.85. The van der Waals surface area contributed by atoms with Gasteiger partial charge in [-0.05, 0) is 25.5 Å². The molecule has 6 heteroatoms. The Labute approximate surface area is 140 Å². The summed E-state index contributed by atoms with van der Waals surface area (Å²) in [5.41, 5.74) is 2.69. The number of carbonyl (C=O) groups is 3. The van der Waals surface area contributed by atoms with E-state index in [9.17, 15) is 14.4 Å². The third-order valence-corrected chi connectivity index (χ3v) is 3.60. The summed E-state index contributed by atoms with van der Waals surface area (Å²) in [5, 5.41) is 0. The summed E-state index contributed by atoms with van der Waals surface area (Å²) in [5.74, 6) is -1.12. The highest BCUT2D eigenvalue weighted by Gasteiger charge is 2.16. The fourth-order valence-corrected chi connectivity index (χ4v) is 2.09. The van der Waals surface area contributed by atoms with E-state index in [1.54, 1.807) is 7.05 Å². The van der Waals surface area contributed by atoms with E-state index in [-0.39, 0.29) is 24.0 Å². The van der Waals surface area contributed by atoms with Crippen LogP contribution in [0.25, 0.3) is 0 Å². The van der Waals surface area contributed by atoms with Crippen LogP contribution in [0.1, 0.15) is 38.9 Å². The van der Waals surface area contributed by atoms with E-state index < -0.39 is 5.97 Å². The molecule has 24 heavy (non-hydrogen) atoms. The summed E-state index contributed by atoms with van der Waals surface area (Å²) in [7, 11) is 1.65. The first-order valence-corrected chi connectivity index (χ1v) is 7.53. The molecule has 0 aliphatic heterocycles. The molecule has 0 atom stereocenters. The van der Waals surface area contributed by atoms with Crippen molar-refractivity contribution >= 4 is 17.7 Å². The van der Waals surface area contributed by atoms with Crippen molar-refractivity contribution < 1.29 is 19.1 Å². The molecule has 1 aromatic carbocycles. The van der Waals surface area contributed by atoms with Crippen LogP contribution >= 0.6 is 0 Å². The van der Waals surface area contributed by atoms with Crippen molar-refractivity contribution in [3.8, 4) is 0 Å². The number of hydrogen-bond donors (Lipinski definition) is 1. The van der Waals surface area contributed by atoms with Crippen LogP contribution in [0.3, 0.4) is 0 Å². The summed E-state index contributed by atoms with van der Waals surface area (Å²) < 4.78 is 4.99. The molecule has 0 aliphatic carbocycles. The molecule has 0 aliphatic rings. The highest BCUT2D eigenvalue weighted by atomic mass is 16.5. The minimum Gasteiger partial charge on any atom is -0.451 e. The van der Waals surface area contributed by atoms with Crippen LogP contribution in [0.2, 0.25) is 0 Å². The van der Waals surface area contributed by atoms with Crippen molar-refractivity contribution in [1.82, 2.24) is 9.88 Å². The predicted octanol–water partition coefficient (Wildman–Crippen LogP) is 2.34. The number of amides is 1. The molecule has 1 heterocycles. The van der Waals surface area contributed by atoms with Gasteiger partial charge >= 0.3 is 5.97 Å². The zero-order valence-corrected chi connectivity index (χ0v) is 14.0. The first-order chi connectivity index (χ1) is 11.4. The quantitative estimate of drug-likeness (QED) is 0.652. The molecule has 0 spiro atoms. The van der Waals surface area contributed by atoms with E-state index in [2.05, 4.69) is 4.98 Å². The van der Waals surface area contributed by atoms with Crippen LogP contribution in [-0.2, 0) is 16.1 Å². The van der Waals surface area contributed by atoms with Crippen molar-refractivity contribution in [2.24, 2.45) is 0 Å². The first-order valence-electron chi connectivity index (χ1n) is 7.53. The number of esters is 1. The van der Waals surface area contributed by atoms with Crippen LogP contribution in [0.5, 0.6) is 0 Å². The number of H-pyrrole nitrogens is 1. The average molecular weight is 328 g/mol. The highest BCUT2D eigenvalue weighted by molar-refractivity contribution is 5.97. The van der Waals surface area contributed by atoms with Gasteiger partial charge in [0.25, 0.3) is 5.91 Å². The van der Waals surface area contributed by atoms with Crippen molar-refractivity contribution in [3.63, 3.8) is 0 Å². The molecule has 0 saturated heterocycles. The monoisotopic (exact) mass is 328 g/mol. The number of nitrogens with one attached hydrogen (secondary N) is 1. The standard InChI is InChI=1S/C18H20N2O4/c1-12-4-6-14(7-5-12)10-20(3)17(22)11-24-18(23)16-8-15(9-19-16)13(2)21/h4-9,19H,10-11H2,1-3H3. The number of aryl methyl sites for hydroxylation is 1. The number of likely N-dealkylation sites (N-methyl/N-ethyl adjacent to an activating group) is 1. The highest BCUT2D eigenvalue weighted by Crippen LogP contribution is 2.08. The molecule has 126 valence electrons. The number of benzene rings is 1. The Morgan fingerprint density at radius 1 is 1.17 bits per heavy atom. The van der Waals surface area contributed by atoms with E-state index in [1.807, 2.05) is 31.2 Å². The van der Waals surface area contributed by atoms with E-state index in [1.165, 1.54) is 24.1 Å². The van der Waals surface area contributed by atoms with Crippen LogP contribution in [0, 0.1) is 6.92 Å². The number of ether oxygens (including phenoxy) is 1. The fourth-order valence-electron chi connectivity index (χ4n) is 2.09. The molecule has 2 rings (SSSR count). The topological polar surface area (TPSA) is 79.5 Å². The van der Waals surface area contributed by atoms with Crippen LogP contribution in [0.4, 0.5) is 0 Å². The van der Waals surface area contributed by atoms with Crippen LogP contribution < -0.4 is 0 Å². The van der Waals surface area contributed by atoms with Gasteiger partial charge in [-0.3, -0.25) is 9.59 Å². The summed E-state index contributed by atoms with van der Waals surface area (Å²) in [6.45, 7) is 3.49. The van der Waals surface area contributed by atoms with Crippen molar-refractivity contribution in [2.45, 2.75) is 20.4 Å². The lowest BCUT2D eigenvalue weighted by molar-refractivity contribution is -0.133. The molecule has 1 N–H and O–H groups in total.